The predicted octanol–water partition coefficient (Wildman–Crippen LogP) is 3.64. The van der Waals surface area contributed by atoms with Crippen molar-refractivity contribution in [3.05, 3.63) is 42.0 Å². The highest BCUT2D eigenvalue weighted by atomic mass is 16.2. The van der Waals surface area contributed by atoms with Crippen LogP contribution in [0.25, 0.3) is 10.8 Å². The third-order valence-corrected chi connectivity index (χ3v) is 3.10. The molecule has 0 aliphatic heterocycles. The smallest absolute Gasteiger partial charge is 0.244 e. The van der Waals surface area contributed by atoms with Gasteiger partial charge in [0, 0.05) is 5.69 Å². The summed E-state index contributed by atoms with van der Waals surface area (Å²) < 4.78 is 0. The quantitative estimate of drug-likeness (QED) is 0.887. The van der Waals surface area contributed by atoms with E-state index in [1.807, 2.05) is 43.3 Å². The molecule has 2 aromatic rings. The van der Waals surface area contributed by atoms with Crippen molar-refractivity contribution in [1.82, 2.24) is 0 Å². The van der Waals surface area contributed by atoms with Crippen LogP contribution in [0.4, 0.5) is 5.69 Å². The number of aryl methyl sites for hydroxylation is 1. The summed E-state index contributed by atoms with van der Waals surface area (Å²) in [7, 11) is 0. The Morgan fingerprint density at radius 3 is 2.47 bits per heavy atom. The molecule has 0 radical (unpaired) electrons. The highest BCUT2D eigenvalue weighted by molar-refractivity contribution is 5.98. The fraction of sp³-hybridized carbons (Fsp3) is 0.250. The molecular weight excluding hydrogens is 236 g/mol. The molecule has 2 aromatic carbocycles. The standard InChI is InChI=1S/C16H16N2O/c1-11-4-5-13-9-14(7-6-12(13)8-11)18-15(19)16(2,3)10-17/h4-9H,1-3H3,(H,18,19). The summed E-state index contributed by atoms with van der Waals surface area (Å²) in [6, 6.07) is 13.9. The molecular formula is C16H16N2O. The van der Waals surface area contributed by atoms with E-state index in [4.69, 9.17) is 5.26 Å². The molecule has 3 heteroatoms. The van der Waals surface area contributed by atoms with E-state index >= 15 is 0 Å². The van der Waals surface area contributed by atoms with E-state index in [-0.39, 0.29) is 5.91 Å². The molecule has 1 amide bonds. The number of nitrogens with zero attached hydrogens (tertiary/aromatic N) is 1. The number of nitriles is 1. The molecule has 0 fully saturated rings. The van der Waals surface area contributed by atoms with Crippen LogP contribution in [0.15, 0.2) is 36.4 Å². The molecule has 0 aliphatic carbocycles. The maximum Gasteiger partial charge on any atom is 0.244 e. The fourth-order valence-corrected chi connectivity index (χ4v) is 1.78. The lowest BCUT2D eigenvalue weighted by Crippen LogP contribution is -2.29. The van der Waals surface area contributed by atoms with Crippen molar-refractivity contribution >= 4 is 22.4 Å². The van der Waals surface area contributed by atoms with Gasteiger partial charge in [-0.25, -0.2) is 0 Å². The highest BCUT2D eigenvalue weighted by Gasteiger charge is 2.27. The minimum atomic E-state index is -1.03. The Morgan fingerprint density at radius 2 is 1.79 bits per heavy atom. The summed E-state index contributed by atoms with van der Waals surface area (Å²) >= 11 is 0. The minimum Gasteiger partial charge on any atom is -0.325 e. The van der Waals surface area contributed by atoms with Gasteiger partial charge in [0.05, 0.1) is 6.07 Å². The van der Waals surface area contributed by atoms with E-state index in [1.54, 1.807) is 13.8 Å². The molecule has 0 aromatic heterocycles. The van der Waals surface area contributed by atoms with Gasteiger partial charge >= 0.3 is 0 Å². The van der Waals surface area contributed by atoms with Gasteiger partial charge in [0.25, 0.3) is 0 Å². The molecule has 19 heavy (non-hydrogen) atoms. The first-order chi connectivity index (χ1) is 8.92. The SMILES string of the molecule is Cc1ccc2cc(NC(=O)C(C)(C)C#N)ccc2c1. The lowest BCUT2D eigenvalue weighted by Gasteiger charge is -2.15. The molecule has 3 nitrogen and oxygen atoms in total. The number of nitrogens with one attached hydrogen (secondary N) is 1. The Labute approximate surface area is 112 Å². The lowest BCUT2D eigenvalue weighted by molar-refractivity contribution is -0.121. The molecule has 1 N–H and O–H groups in total. The van der Waals surface area contributed by atoms with Crippen LogP contribution in [0.5, 0.6) is 0 Å². The molecule has 0 saturated heterocycles. The number of amides is 1. The third-order valence-electron chi connectivity index (χ3n) is 3.10. The molecule has 0 bridgehead atoms. The van der Waals surface area contributed by atoms with Crippen LogP contribution in [0, 0.1) is 23.7 Å². The minimum absolute atomic E-state index is 0.290. The second-order valence-electron chi connectivity index (χ2n) is 5.26. The molecule has 2 rings (SSSR count). The van der Waals surface area contributed by atoms with Gasteiger partial charge in [0.1, 0.15) is 5.41 Å². The van der Waals surface area contributed by atoms with Gasteiger partial charge in [0.15, 0.2) is 0 Å². The van der Waals surface area contributed by atoms with Gasteiger partial charge in [-0.3, -0.25) is 4.79 Å². The van der Waals surface area contributed by atoms with E-state index in [0.29, 0.717) is 5.69 Å². The molecule has 0 saturated carbocycles. The van der Waals surface area contributed by atoms with Crippen LogP contribution in [0.3, 0.4) is 0 Å². The average Bonchev–Trinajstić information content (AvgIpc) is 2.38. The van der Waals surface area contributed by atoms with Gasteiger partial charge in [-0.2, -0.15) is 5.26 Å². The summed E-state index contributed by atoms with van der Waals surface area (Å²) in [5.74, 6) is -0.290. The molecule has 0 spiro atoms. The second kappa shape index (κ2) is 4.74. The fourth-order valence-electron chi connectivity index (χ4n) is 1.78. The first-order valence-corrected chi connectivity index (χ1v) is 6.15. The Morgan fingerprint density at radius 1 is 1.16 bits per heavy atom. The van der Waals surface area contributed by atoms with Crippen molar-refractivity contribution in [1.29, 1.82) is 5.26 Å². The largest absolute Gasteiger partial charge is 0.325 e. The number of anilines is 1. The van der Waals surface area contributed by atoms with Crippen molar-refractivity contribution in [2.45, 2.75) is 20.8 Å². The summed E-state index contributed by atoms with van der Waals surface area (Å²) in [5.41, 5.74) is 0.891. The maximum absolute atomic E-state index is 11.9. The first-order valence-electron chi connectivity index (χ1n) is 6.15. The molecule has 96 valence electrons. The molecule has 0 unspecified atom stereocenters. The number of carbonyl (C=O) groups excluding carboxylic acids is 1. The Hall–Kier alpha value is -2.34. The monoisotopic (exact) mass is 252 g/mol. The highest BCUT2D eigenvalue weighted by Crippen LogP contribution is 2.22. The summed E-state index contributed by atoms with van der Waals surface area (Å²) in [4.78, 5) is 11.9. The zero-order valence-corrected chi connectivity index (χ0v) is 11.3. The van der Waals surface area contributed by atoms with E-state index in [1.165, 1.54) is 5.56 Å². The summed E-state index contributed by atoms with van der Waals surface area (Å²) in [5, 5.41) is 13.9. The molecule has 0 aliphatic rings. The first kappa shape index (κ1) is 13.1. The predicted molar refractivity (Wildman–Crippen MR) is 76.7 cm³/mol. The van der Waals surface area contributed by atoms with Gasteiger partial charge in [-0.15, -0.1) is 0 Å². The van der Waals surface area contributed by atoms with Crippen molar-refractivity contribution in [3.8, 4) is 6.07 Å². The number of hydrogen-bond donors (Lipinski definition) is 1. The van der Waals surface area contributed by atoms with Crippen LogP contribution < -0.4 is 5.32 Å². The van der Waals surface area contributed by atoms with Crippen LogP contribution >= 0.6 is 0 Å². The molecule has 0 atom stereocenters. The Kier molecular flexibility index (Phi) is 3.26. The van der Waals surface area contributed by atoms with E-state index in [9.17, 15) is 4.79 Å². The van der Waals surface area contributed by atoms with E-state index in [0.717, 1.165) is 10.8 Å². The summed E-state index contributed by atoms with van der Waals surface area (Å²) in [6.07, 6.45) is 0. The Balaban J connectivity index is 2.30. The third kappa shape index (κ3) is 2.74. The second-order valence-corrected chi connectivity index (χ2v) is 5.26. The van der Waals surface area contributed by atoms with Gasteiger partial charge in [-0.1, -0.05) is 29.8 Å². The number of carbonyl (C=O) groups is 1. The average molecular weight is 252 g/mol. The van der Waals surface area contributed by atoms with Gasteiger partial charge < -0.3 is 5.32 Å². The number of benzene rings is 2. The van der Waals surface area contributed by atoms with Crippen molar-refractivity contribution in [2.75, 3.05) is 5.32 Å². The van der Waals surface area contributed by atoms with Gasteiger partial charge in [0.2, 0.25) is 5.91 Å². The van der Waals surface area contributed by atoms with E-state index in [2.05, 4.69) is 11.4 Å². The topological polar surface area (TPSA) is 52.9 Å². The molecule has 0 heterocycles. The van der Waals surface area contributed by atoms with E-state index < -0.39 is 5.41 Å². The van der Waals surface area contributed by atoms with Crippen molar-refractivity contribution in [3.63, 3.8) is 0 Å². The van der Waals surface area contributed by atoms with Crippen LogP contribution in [0.1, 0.15) is 19.4 Å². The Bertz CT molecular complexity index is 681. The number of fused-ring (bicyclic) bond motifs is 1. The van der Waals surface area contributed by atoms with Crippen LogP contribution in [-0.4, -0.2) is 5.91 Å². The number of hydrogen-bond acceptors (Lipinski definition) is 2. The zero-order valence-electron chi connectivity index (χ0n) is 11.3. The van der Waals surface area contributed by atoms with Gasteiger partial charge in [-0.05, 0) is 43.7 Å². The van der Waals surface area contributed by atoms with Crippen LogP contribution in [-0.2, 0) is 4.79 Å². The maximum atomic E-state index is 11.9. The van der Waals surface area contributed by atoms with Crippen LogP contribution in [0.2, 0.25) is 0 Å². The van der Waals surface area contributed by atoms with Crippen molar-refractivity contribution < 1.29 is 4.79 Å². The normalized spacial score (nSPS) is 11.1. The number of rotatable bonds is 2. The lowest BCUT2D eigenvalue weighted by atomic mass is 9.94. The zero-order chi connectivity index (χ0) is 14.0. The summed E-state index contributed by atoms with van der Waals surface area (Å²) in [6.45, 7) is 5.25. The van der Waals surface area contributed by atoms with Crippen molar-refractivity contribution in [2.24, 2.45) is 5.41 Å².